The first-order chi connectivity index (χ1) is 15.1. The monoisotopic (exact) mass is 516 g/mol. The maximum atomic E-state index is 14.2. The van der Waals surface area contributed by atoms with Gasteiger partial charge < -0.3 is 5.11 Å². The summed E-state index contributed by atoms with van der Waals surface area (Å²) in [5, 5.41) is 9.75. The van der Waals surface area contributed by atoms with Crippen molar-refractivity contribution >= 4 is 5.78 Å². The first kappa shape index (κ1) is 27.2. The highest BCUT2D eigenvalue weighted by molar-refractivity contribution is 6.10. The first-order valence-electron chi connectivity index (χ1n) is 8.53. The number of aromatic hydroxyl groups is 1. The van der Waals surface area contributed by atoms with Crippen LogP contribution in [0.1, 0.15) is 21.5 Å². The highest BCUT2D eigenvalue weighted by atomic mass is 19.4. The molecule has 0 bridgehead atoms. The number of carbonyl (C=O) groups excluding carboxylic acids is 1. The second-order valence-corrected chi connectivity index (χ2v) is 6.80. The summed E-state index contributed by atoms with van der Waals surface area (Å²) in [7, 11) is 0. The Balaban J connectivity index is 2.55. The van der Waals surface area contributed by atoms with Crippen molar-refractivity contribution in [3.63, 3.8) is 0 Å². The fourth-order valence-corrected chi connectivity index (χ4v) is 2.61. The molecule has 2 aromatic carbocycles. The smallest absolute Gasteiger partial charge is 0.460 e. The van der Waals surface area contributed by atoms with Gasteiger partial charge in [-0.3, -0.25) is 4.79 Å². The van der Waals surface area contributed by atoms with Gasteiger partial charge in [-0.2, -0.15) is 57.1 Å². The fraction of sp³-hybridized carbons (Fsp3) is 0.316. The van der Waals surface area contributed by atoms with E-state index in [1.54, 1.807) is 0 Å². The summed E-state index contributed by atoms with van der Waals surface area (Å²) in [6, 6.07) is 6.04. The van der Waals surface area contributed by atoms with Crippen molar-refractivity contribution in [3.05, 3.63) is 65.2 Å². The number of phenols is 1. The van der Waals surface area contributed by atoms with E-state index in [0.717, 1.165) is 0 Å². The summed E-state index contributed by atoms with van der Waals surface area (Å²) in [4.78, 5) is 12.2. The Kier molecular flexibility index (Phi) is 6.45. The molecule has 34 heavy (non-hydrogen) atoms. The van der Waals surface area contributed by atoms with E-state index in [9.17, 15) is 67.0 Å². The van der Waals surface area contributed by atoms with Gasteiger partial charge in [0.15, 0.2) is 5.78 Å². The lowest BCUT2D eigenvalue weighted by Gasteiger charge is -2.39. The number of rotatable bonds is 7. The van der Waals surface area contributed by atoms with Crippen molar-refractivity contribution < 1.29 is 67.0 Å². The van der Waals surface area contributed by atoms with Crippen LogP contribution in [0.5, 0.6) is 5.75 Å². The molecule has 0 unspecified atom stereocenters. The Morgan fingerprint density at radius 1 is 0.618 bits per heavy atom. The Bertz CT molecular complexity index is 1060. The van der Waals surface area contributed by atoms with Crippen LogP contribution < -0.4 is 0 Å². The Morgan fingerprint density at radius 3 is 1.53 bits per heavy atom. The Labute approximate surface area is 180 Å². The topological polar surface area (TPSA) is 37.3 Å². The zero-order chi connectivity index (χ0) is 26.5. The summed E-state index contributed by atoms with van der Waals surface area (Å²) in [5.41, 5.74) is -3.39. The average Bonchev–Trinajstić information content (AvgIpc) is 2.72. The van der Waals surface area contributed by atoms with Crippen molar-refractivity contribution in [1.29, 1.82) is 0 Å². The highest BCUT2D eigenvalue weighted by Gasteiger charge is 2.90. The molecule has 0 aliphatic carbocycles. The maximum absolute atomic E-state index is 14.2. The quantitative estimate of drug-likeness (QED) is 0.324. The van der Waals surface area contributed by atoms with Crippen LogP contribution in [-0.4, -0.2) is 40.8 Å². The molecule has 0 amide bonds. The van der Waals surface area contributed by atoms with Gasteiger partial charge in [0.1, 0.15) is 5.75 Å². The molecule has 188 valence electrons. The third-order valence-electron chi connectivity index (χ3n) is 4.57. The maximum Gasteiger partial charge on any atom is 0.460 e. The van der Waals surface area contributed by atoms with Crippen LogP contribution in [0.15, 0.2) is 48.5 Å². The number of alkyl halides is 13. The van der Waals surface area contributed by atoms with E-state index in [4.69, 9.17) is 0 Å². The molecule has 0 saturated carbocycles. The Morgan fingerprint density at radius 2 is 1.09 bits per heavy atom. The number of phenolic OH excluding ortho intramolecular Hbond substituents is 1. The van der Waals surface area contributed by atoms with Gasteiger partial charge in [0.25, 0.3) is 0 Å². The number of carbonyl (C=O) groups is 1. The summed E-state index contributed by atoms with van der Waals surface area (Å²) in [5.74, 6) is -40.5. The molecule has 0 aliphatic rings. The minimum Gasteiger partial charge on any atom is -0.507 e. The SMILES string of the molecule is O=C(c1ccccc1)c1ccc(C(F)(F)C(F)(F)C(F)(F)C(F)(F)C(F)(F)C(F)(F)F)cc1O. The van der Waals surface area contributed by atoms with Crippen LogP contribution in [0.3, 0.4) is 0 Å². The van der Waals surface area contributed by atoms with E-state index in [1.807, 2.05) is 0 Å². The zero-order valence-electron chi connectivity index (χ0n) is 15.9. The number of halogens is 13. The van der Waals surface area contributed by atoms with E-state index in [2.05, 4.69) is 0 Å². The minimum absolute atomic E-state index is 0.164. The molecule has 0 heterocycles. The molecule has 0 saturated heterocycles. The molecule has 0 radical (unpaired) electrons. The van der Waals surface area contributed by atoms with Gasteiger partial charge in [0, 0.05) is 11.1 Å². The molecular weight excluding hydrogens is 507 g/mol. The van der Waals surface area contributed by atoms with Gasteiger partial charge >= 0.3 is 35.8 Å². The summed E-state index contributed by atoms with van der Waals surface area (Å²) < 4.78 is 172. The summed E-state index contributed by atoms with van der Waals surface area (Å²) in [6.07, 6.45) is -7.51. The number of hydrogen-bond donors (Lipinski definition) is 1. The summed E-state index contributed by atoms with van der Waals surface area (Å²) in [6.45, 7) is 0. The van der Waals surface area contributed by atoms with E-state index in [1.165, 1.54) is 30.3 Å². The van der Waals surface area contributed by atoms with Crippen molar-refractivity contribution in [2.24, 2.45) is 0 Å². The normalized spacial score (nSPS) is 14.3. The lowest BCUT2D eigenvalue weighted by atomic mass is 9.89. The highest BCUT2D eigenvalue weighted by Crippen LogP contribution is 2.62. The molecular formula is C19H9F13O2. The predicted octanol–water partition coefficient (Wildman–Crippen LogP) is 6.82. The second kappa shape index (κ2) is 8.05. The molecule has 15 heteroatoms. The van der Waals surface area contributed by atoms with E-state index in [-0.39, 0.29) is 17.7 Å². The number of benzene rings is 2. The molecule has 0 aliphatic heterocycles. The predicted molar refractivity (Wildman–Crippen MR) is 87.7 cm³/mol. The molecule has 2 aromatic rings. The largest absolute Gasteiger partial charge is 0.507 e. The lowest BCUT2D eigenvalue weighted by molar-refractivity contribution is -0.441. The van der Waals surface area contributed by atoms with E-state index < -0.39 is 64.5 Å². The van der Waals surface area contributed by atoms with Crippen LogP contribution in [0.25, 0.3) is 0 Å². The second-order valence-electron chi connectivity index (χ2n) is 6.80. The van der Waals surface area contributed by atoms with Gasteiger partial charge in [-0.05, 0) is 12.1 Å². The van der Waals surface area contributed by atoms with Crippen LogP contribution in [-0.2, 0) is 5.92 Å². The fourth-order valence-electron chi connectivity index (χ4n) is 2.61. The molecule has 2 rings (SSSR count). The van der Waals surface area contributed by atoms with Crippen LogP contribution in [0.4, 0.5) is 57.1 Å². The van der Waals surface area contributed by atoms with Crippen molar-refractivity contribution in [2.75, 3.05) is 0 Å². The van der Waals surface area contributed by atoms with Gasteiger partial charge in [-0.25, -0.2) is 0 Å². The third kappa shape index (κ3) is 3.83. The van der Waals surface area contributed by atoms with E-state index in [0.29, 0.717) is 0 Å². The van der Waals surface area contributed by atoms with E-state index >= 15 is 0 Å². The van der Waals surface area contributed by atoms with Gasteiger partial charge in [0.2, 0.25) is 0 Å². The van der Waals surface area contributed by atoms with Crippen LogP contribution in [0.2, 0.25) is 0 Å². The molecule has 0 spiro atoms. The van der Waals surface area contributed by atoms with Crippen molar-refractivity contribution in [1.82, 2.24) is 0 Å². The number of hydrogen-bond acceptors (Lipinski definition) is 2. The Hall–Kier alpha value is -3.00. The first-order valence-corrected chi connectivity index (χ1v) is 8.53. The third-order valence-corrected chi connectivity index (χ3v) is 4.57. The minimum atomic E-state index is -8.03. The van der Waals surface area contributed by atoms with Gasteiger partial charge in [0.05, 0.1) is 5.56 Å². The molecule has 0 aromatic heterocycles. The summed E-state index contributed by atoms with van der Waals surface area (Å²) >= 11 is 0. The zero-order valence-corrected chi connectivity index (χ0v) is 15.9. The van der Waals surface area contributed by atoms with Crippen LogP contribution in [0, 0.1) is 0 Å². The standard InChI is InChI=1S/C19H9F13O2/c20-14(21,15(22,23)16(24,25)17(26,27)18(28,29)19(30,31)32)10-6-7-11(12(33)8-10)13(34)9-4-2-1-3-5-9/h1-8,33H. The van der Waals surface area contributed by atoms with Gasteiger partial charge in [-0.15, -0.1) is 0 Å². The van der Waals surface area contributed by atoms with Crippen LogP contribution >= 0.6 is 0 Å². The molecule has 1 N–H and O–H groups in total. The van der Waals surface area contributed by atoms with Gasteiger partial charge in [-0.1, -0.05) is 36.4 Å². The molecule has 2 nitrogen and oxygen atoms in total. The van der Waals surface area contributed by atoms with Crippen molar-refractivity contribution in [2.45, 2.75) is 35.8 Å². The number of ketones is 1. The van der Waals surface area contributed by atoms with Crippen molar-refractivity contribution in [3.8, 4) is 5.75 Å². The molecule has 0 atom stereocenters. The molecule has 0 fully saturated rings. The lowest BCUT2D eigenvalue weighted by Crippen LogP contribution is -2.69. The average molecular weight is 516 g/mol.